The van der Waals surface area contributed by atoms with E-state index in [2.05, 4.69) is 15.5 Å². The number of aryl methyl sites for hydroxylation is 3. The van der Waals surface area contributed by atoms with E-state index >= 15 is 0 Å². The SMILES string of the molecule is CCC(OC(=O)c1ccc(-n2c(C)nnc2SC)cc1)C(=O)Nc1c(C)cccc1C. The average molecular weight is 439 g/mol. The van der Waals surface area contributed by atoms with Crippen LogP contribution in [-0.2, 0) is 9.53 Å². The first-order valence-corrected chi connectivity index (χ1v) is 11.2. The Morgan fingerprint density at radius 3 is 2.29 bits per heavy atom. The summed E-state index contributed by atoms with van der Waals surface area (Å²) in [5, 5.41) is 11.9. The van der Waals surface area contributed by atoms with Gasteiger partial charge < -0.3 is 10.1 Å². The monoisotopic (exact) mass is 438 g/mol. The van der Waals surface area contributed by atoms with E-state index in [9.17, 15) is 9.59 Å². The fourth-order valence-corrected chi connectivity index (χ4v) is 3.80. The van der Waals surface area contributed by atoms with Crippen LogP contribution in [0.5, 0.6) is 0 Å². The van der Waals surface area contributed by atoms with Crippen molar-refractivity contribution >= 4 is 29.3 Å². The minimum atomic E-state index is -0.880. The van der Waals surface area contributed by atoms with Gasteiger partial charge in [0.15, 0.2) is 11.3 Å². The zero-order chi connectivity index (χ0) is 22.5. The van der Waals surface area contributed by atoms with Gasteiger partial charge in [0, 0.05) is 11.4 Å². The number of nitrogens with one attached hydrogen (secondary N) is 1. The van der Waals surface area contributed by atoms with Crippen molar-refractivity contribution in [1.82, 2.24) is 14.8 Å². The number of ether oxygens (including phenoxy) is 1. The van der Waals surface area contributed by atoms with Gasteiger partial charge >= 0.3 is 5.97 Å². The molecule has 0 aliphatic rings. The van der Waals surface area contributed by atoms with Crippen molar-refractivity contribution in [1.29, 1.82) is 0 Å². The summed E-state index contributed by atoms with van der Waals surface area (Å²) < 4.78 is 7.42. The van der Waals surface area contributed by atoms with Crippen molar-refractivity contribution in [3.8, 4) is 5.69 Å². The molecule has 1 amide bonds. The molecule has 0 radical (unpaired) electrons. The highest BCUT2D eigenvalue weighted by Gasteiger charge is 2.23. The van der Waals surface area contributed by atoms with Crippen LogP contribution in [0.2, 0.25) is 0 Å². The first-order chi connectivity index (χ1) is 14.8. The van der Waals surface area contributed by atoms with Gasteiger partial charge in [-0.1, -0.05) is 36.9 Å². The number of carbonyl (C=O) groups excluding carboxylic acids is 2. The molecular formula is C23H26N4O3S. The third-order valence-corrected chi connectivity index (χ3v) is 5.61. The Kier molecular flexibility index (Phi) is 7.12. The van der Waals surface area contributed by atoms with Gasteiger partial charge in [0.05, 0.1) is 5.56 Å². The molecule has 0 aliphatic carbocycles. The van der Waals surface area contributed by atoms with Crippen LogP contribution >= 0.6 is 11.8 Å². The zero-order valence-electron chi connectivity index (χ0n) is 18.3. The lowest BCUT2D eigenvalue weighted by atomic mass is 10.1. The van der Waals surface area contributed by atoms with Crippen molar-refractivity contribution in [3.05, 3.63) is 65.0 Å². The Morgan fingerprint density at radius 1 is 1.06 bits per heavy atom. The molecule has 0 aliphatic heterocycles. The Bertz CT molecular complexity index is 1070. The van der Waals surface area contributed by atoms with Gasteiger partial charge in [0.25, 0.3) is 5.91 Å². The van der Waals surface area contributed by atoms with Gasteiger partial charge in [0.2, 0.25) is 0 Å². The standard InChI is InChI=1S/C23H26N4O3S/c1-6-19(21(28)24-20-14(2)8-7-9-15(20)3)30-22(29)17-10-12-18(13-11-17)27-16(4)25-26-23(27)31-5/h7-13,19H,6H2,1-5H3,(H,24,28). The summed E-state index contributed by atoms with van der Waals surface area (Å²) in [6.07, 6.45) is 1.42. The molecule has 0 spiro atoms. The summed E-state index contributed by atoms with van der Waals surface area (Å²) in [5.41, 5.74) is 3.89. The van der Waals surface area contributed by atoms with E-state index in [0.717, 1.165) is 33.5 Å². The molecule has 2 aromatic carbocycles. The predicted molar refractivity (Wildman–Crippen MR) is 122 cm³/mol. The number of carbonyl (C=O) groups is 2. The van der Waals surface area contributed by atoms with E-state index in [1.807, 2.05) is 68.8 Å². The number of hydrogen-bond acceptors (Lipinski definition) is 6. The zero-order valence-corrected chi connectivity index (χ0v) is 19.1. The third kappa shape index (κ3) is 4.96. The molecule has 31 heavy (non-hydrogen) atoms. The van der Waals surface area contributed by atoms with Crippen LogP contribution in [0, 0.1) is 20.8 Å². The van der Waals surface area contributed by atoms with E-state index in [0.29, 0.717) is 12.0 Å². The molecule has 1 N–H and O–H groups in total. The minimum absolute atomic E-state index is 0.338. The number of amides is 1. The number of anilines is 1. The summed E-state index contributed by atoms with van der Waals surface area (Å²) in [4.78, 5) is 25.4. The summed E-state index contributed by atoms with van der Waals surface area (Å²) in [6.45, 7) is 7.54. The fourth-order valence-electron chi connectivity index (χ4n) is 3.25. The number of benzene rings is 2. The number of hydrogen-bond donors (Lipinski definition) is 1. The Hall–Kier alpha value is -3.13. The lowest BCUT2D eigenvalue weighted by molar-refractivity contribution is -0.124. The van der Waals surface area contributed by atoms with Crippen molar-refractivity contribution in [2.45, 2.75) is 45.4 Å². The maximum absolute atomic E-state index is 12.7. The van der Waals surface area contributed by atoms with Crippen molar-refractivity contribution < 1.29 is 14.3 Å². The molecule has 7 nitrogen and oxygen atoms in total. The smallest absolute Gasteiger partial charge is 0.338 e. The number of rotatable bonds is 7. The Balaban J connectivity index is 1.72. The average Bonchev–Trinajstić information content (AvgIpc) is 3.15. The second-order valence-corrected chi connectivity index (χ2v) is 7.95. The molecular weight excluding hydrogens is 412 g/mol. The number of aromatic nitrogens is 3. The first kappa shape index (κ1) is 22.6. The quantitative estimate of drug-likeness (QED) is 0.432. The highest BCUT2D eigenvalue weighted by atomic mass is 32.2. The normalized spacial score (nSPS) is 11.8. The lowest BCUT2D eigenvalue weighted by Gasteiger charge is -2.18. The number of para-hydroxylation sites is 1. The Labute approximate surface area is 186 Å². The predicted octanol–water partition coefficient (Wildman–Crippen LogP) is 4.49. The van der Waals surface area contributed by atoms with Gasteiger partial charge in [-0.3, -0.25) is 9.36 Å². The van der Waals surface area contributed by atoms with Crippen LogP contribution in [0.1, 0.15) is 40.7 Å². The van der Waals surface area contributed by atoms with Crippen molar-refractivity contribution in [2.75, 3.05) is 11.6 Å². The van der Waals surface area contributed by atoms with Gasteiger partial charge in [0.1, 0.15) is 5.82 Å². The van der Waals surface area contributed by atoms with Gasteiger partial charge in [-0.15, -0.1) is 10.2 Å². The molecule has 0 bridgehead atoms. The molecule has 162 valence electrons. The lowest BCUT2D eigenvalue weighted by Crippen LogP contribution is -2.32. The van der Waals surface area contributed by atoms with E-state index in [1.165, 1.54) is 11.8 Å². The van der Waals surface area contributed by atoms with Crippen LogP contribution in [0.3, 0.4) is 0 Å². The largest absolute Gasteiger partial charge is 0.449 e. The van der Waals surface area contributed by atoms with Gasteiger partial charge in [-0.25, -0.2) is 4.79 Å². The van der Waals surface area contributed by atoms with Crippen LogP contribution in [0.15, 0.2) is 47.6 Å². The summed E-state index contributed by atoms with van der Waals surface area (Å²) in [6, 6.07) is 12.8. The molecule has 0 fully saturated rings. The number of thioether (sulfide) groups is 1. The highest BCUT2D eigenvalue weighted by molar-refractivity contribution is 7.98. The molecule has 1 unspecified atom stereocenters. The summed E-state index contributed by atoms with van der Waals surface area (Å²) in [7, 11) is 0. The van der Waals surface area contributed by atoms with Crippen LogP contribution in [-0.4, -0.2) is 39.0 Å². The van der Waals surface area contributed by atoms with Crippen LogP contribution in [0.4, 0.5) is 5.69 Å². The van der Waals surface area contributed by atoms with Gasteiger partial charge in [-0.2, -0.15) is 0 Å². The van der Waals surface area contributed by atoms with Gasteiger partial charge in [-0.05, 0) is 68.8 Å². The number of esters is 1. The first-order valence-electron chi connectivity index (χ1n) is 10.00. The van der Waals surface area contributed by atoms with E-state index in [1.54, 1.807) is 12.1 Å². The molecule has 0 saturated carbocycles. The summed E-state index contributed by atoms with van der Waals surface area (Å²) >= 11 is 1.49. The van der Waals surface area contributed by atoms with Crippen LogP contribution < -0.4 is 5.32 Å². The van der Waals surface area contributed by atoms with Crippen molar-refractivity contribution in [2.24, 2.45) is 0 Å². The molecule has 8 heteroatoms. The maximum atomic E-state index is 12.7. The molecule has 1 atom stereocenters. The molecule has 1 heterocycles. The van der Waals surface area contributed by atoms with Crippen LogP contribution in [0.25, 0.3) is 5.69 Å². The van der Waals surface area contributed by atoms with Crippen molar-refractivity contribution in [3.63, 3.8) is 0 Å². The molecule has 3 rings (SSSR count). The minimum Gasteiger partial charge on any atom is -0.449 e. The van der Waals surface area contributed by atoms with E-state index in [4.69, 9.17) is 4.74 Å². The number of nitrogens with zero attached hydrogens (tertiary/aromatic N) is 3. The molecule has 1 aromatic heterocycles. The second-order valence-electron chi connectivity index (χ2n) is 7.17. The van der Waals surface area contributed by atoms with E-state index in [-0.39, 0.29) is 5.91 Å². The van der Waals surface area contributed by atoms with E-state index < -0.39 is 12.1 Å². The topological polar surface area (TPSA) is 86.1 Å². The maximum Gasteiger partial charge on any atom is 0.338 e. The molecule has 0 saturated heterocycles. The summed E-state index contributed by atoms with van der Waals surface area (Å²) in [5.74, 6) is -0.121. The Morgan fingerprint density at radius 2 is 1.71 bits per heavy atom. The highest BCUT2D eigenvalue weighted by Crippen LogP contribution is 2.22. The molecule has 3 aromatic rings. The third-order valence-electron chi connectivity index (χ3n) is 4.98. The second kappa shape index (κ2) is 9.78. The fraction of sp³-hybridized carbons (Fsp3) is 0.304.